The maximum Gasteiger partial charge on any atom is 0.240 e. The second-order valence-corrected chi connectivity index (χ2v) is 6.11. The van der Waals surface area contributed by atoms with E-state index < -0.39 is 6.10 Å². The van der Waals surface area contributed by atoms with Crippen molar-refractivity contribution in [1.82, 2.24) is 15.1 Å². The van der Waals surface area contributed by atoms with Crippen molar-refractivity contribution in [1.29, 1.82) is 0 Å². The van der Waals surface area contributed by atoms with Crippen molar-refractivity contribution in [3.05, 3.63) is 22.7 Å². The van der Waals surface area contributed by atoms with Crippen LogP contribution in [0.1, 0.15) is 19.8 Å². The predicted molar refractivity (Wildman–Crippen MR) is 87.8 cm³/mol. The van der Waals surface area contributed by atoms with Crippen molar-refractivity contribution in [3.8, 4) is 5.88 Å². The summed E-state index contributed by atoms with van der Waals surface area (Å²) in [7, 11) is 1.87. The molecule has 1 amide bonds. The maximum absolute atomic E-state index is 11.5. The summed E-state index contributed by atoms with van der Waals surface area (Å²) in [5.41, 5.74) is 0.993. The van der Waals surface area contributed by atoms with Crippen LogP contribution in [-0.2, 0) is 11.8 Å². The molecule has 2 N–H and O–H groups in total. The quantitative estimate of drug-likeness (QED) is 0.731. The minimum atomic E-state index is -0.529. The largest absolute Gasteiger partial charge is 0.476 e. The van der Waals surface area contributed by atoms with Crippen LogP contribution in [0.2, 0.25) is 0 Å². The second-order valence-electron chi connectivity index (χ2n) is 5.20. The summed E-state index contributed by atoms with van der Waals surface area (Å²) in [5.74, 6) is 0.487. The van der Waals surface area contributed by atoms with Crippen molar-refractivity contribution in [2.24, 2.45) is 7.05 Å². The van der Waals surface area contributed by atoms with Crippen molar-refractivity contribution < 1.29 is 14.6 Å². The number of halogens is 1. The first-order valence-corrected chi connectivity index (χ1v) is 7.96. The van der Waals surface area contributed by atoms with Crippen molar-refractivity contribution >= 4 is 32.7 Å². The number of aliphatic hydroxyl groups is 1. The van der Waals surface area contributed by atoms with Crippen LogP contribution >= 0.6 is 15.9 Å². The highest BCUT2D eigenvalue weighted by Crippen LogP contribution is 2.27. The molecule has 0 unspecified atom stereocenters. The van der Waals surface area contributed by atoms with Crippen LogP contribution in [0, 0.1) is 0 Å². The monoisotopic (exact) mass is 369 g/mol. The lowest BCUT2D eigenvalue weighted by Crippen LogP contribution is -2.30. The molecular formula is C15H20BrN3O3. The van der Waals surface area contributed by atoms with Gasteiger partial charge in [-0.15, -0.1) is 5.10 Å². The lowest BCUT2D eigenvalue weighted by Gasteiger charge is -2.07. The van der Waals surface area contributed by atoms with Gasteiger partial charge in [-0.25, -0.2) is 0 Å². The van der Waals surface area contributed by atoms with Crippen LogP contribution in [0.5, 0.6) is 5.88 Å². The van der Waals surface area contributed by atoms with Gasteiger partial charge in [0.05, 0.1) is 23.6 Å². The molecule has 0 fully saturated rings. The van der Waals surface area contributed by atoms with E-state index in [4.69, 9.17) is 9.84 Å². The van der Waals surface area contributed by atoms with E-state index in [2.05, 4.69) is 26.3 Å². The van der Waals surface area contributed by atoms with E-state index in [-0.39, 0.29) is 12.5 Å². The minimum absolute atomic E-state index is 0.0851. The number of aromatic nitrogens is 2. The highest BCUT2D eigenvalue weighted by Gasteiger charge is 2.10. The van der Waals surface area contributed by atoms with Gasteiger partial charge in [0.15, 0.2) is 0 Å². The topological polar surface area (TPSA) is 76.4 Å². The number of hydrogen-bond acceptors (Lipinski definition) is 4. The molecule has 2 rings (SSSR count). The normalized spacial score (nSPS) is 12.4. The first-order valence-electron chi connectivity index (χ1n) is 7.17. The second kappa shape index (κ2) is 7.60. The zero-order chi connectivity index (χ0) is 16.1. The third kappa shape index (κ3) is 4.45. The first kappa shape index (κ1) is 16.8. The molecule has 0 spiro atoms. The van der Waals surface area contributed by atoms with Crippen LogP contribution < -0.4 is 10.1 Å². The Kier molecular flexibility index (Phi) is 5.79. The number of benzene rings is 1. The lowest BCUT2D eigenvalue weighted by molar-refractivity contribution is -0.121. The minimum Gasteiger partial charge on any atom is -0.476 e. The van der Waals surface area contributed by atoms with E-state index >= 15 is 0 Å². The summed E-state index contributed by atoms with van der Waals surface area (Å²) in [6, 6.07) is 5.90. The number of carbonyl (C=O) groups is 1. The summed E-state index contributed by atoms with van der Waals surface area (Å²) in [4.78, 5) is 11.5. The zero-order valence-electron chi connectivity index (χ0n) is 12.7. The van der Waals surface area contributed by atoms with Gasteiger partial charge in [0.25, 0.3) is 0 Å². The summed E-state index contributed by atoms with van der Waals surface area (Å²) in [6.45, 7) is 2.33. The van der Waals surface area contributed by atoms with E-state index in [1.54, 1.807) is 11.6 Å². The molecule has 1 atom stereocenters. The zero-order valence-corrected chi connectivity index (χ0v) is 14.3. The molecule has 1 heterocycles. The molecule has 1 aromatic carbocycles. The number of nitrogens with zero attached hydrogens (tertiary/aromatic N) is 2. The SMILES string of the molecule is C[C@H](O)CNC(=O)CCCOc1nn(C)c2ccc(Br)cc12. The Morgan fingerprint density at radius 2 is 2.32 bits per heavy atom. The van der Waals surface area contributed by atoms with Gasteiger partial charge in [0.1, 0.15) is 0 Å². The van der Waals surface area contributed by atoms with Crippen molar-refractivity contribution in [2.45, 2.75) is 25.9 Å². The Bertz CT molecular complexity index is 655. The number of fused-ring (bicyclic) bond motifs is 1. The van der Waals surface area contributed by atoms with Gasteiger partial charge in [-0.2, -0.15) is 0 Å². The number of hydrogen-bond donors (Lipinski definition) is 2. The summed E-state index contributed by atoms with van der Waals surface area (Å²) < 4.78 is 8.43. The molecule has 6 nitrogen and oxygen atoms in total. The number of ether oxygens (including phenoxy) is 1. The van der Waals surface area contributed by atoms with Gasteiger partial charge < -0.3 is 15.2 Å². The van der Waals surface area contributed by atoms with Gasteiger partial charge in [0, 0.05) is 24.5 Å². The van der Waals surface area contributed by atoms with Gasteiger partial charge >= 0.3 is 0 Å². The number of aliphatic hydroxyl groups excluding tert-OH is 1. The fraction of sp³-hybridized carbons (Fsp3) is 0.467. The Morgan fingerprint density at radius 3 is 3.05 bits per heavy atom. The fourth-order valence-electron chi connectivity index (χ4n) is 2.06. The standard InChI is InChI=1S/C15H20BrN3O3/c1-10(20)9-17-14(21)4-3-7-22-15-12-8-11(16)5-6-13(12)19(2)18-15/h5-6,8,10,20H,3-4,7,9H2,1-2H3,(H,17,21)/t10-/m0/s1. The number of aryl methyl sites for hydroxylation is 1. The van der Waals surface area contributed by atoms with Crippen LogP contribution in [0.3, 0.4) is 0 Å². The van der Waals surface area contributed by atoms with Gasteiger partial charge in [-0.1, -0.05) is 15.9 Å². The molecule has 0 saturated carbocycles. The summed E-state index contributed by atoms with van der Waals surface area (Å²) in [6.07, 6.45) is 0.428. The summed E-state index contributed by atoms with van der Waals surface area (Å²) >= 11 is 3.44. The number of rotatable bonds is 7. The Morgan fingerprint density at radius 1 is 1.55 bits per heavy atom. The highest BCUT2D eigenvalue weighted by atomic mass is 79.9. The molecule has 0 aliphatic rings. The van der Waals surface area contributed by atoms with Gasteiger partial charge in [0.2, 0.25) is 11.8 Å². The van der Waals surface area contributed by atoms with Crippen LogP contribution in [-0.4, -0.2) is 40.0 Å². The number of nitrogens with one attached hydrogen (secondary N) is 1. The average Bonchev–Trinajstić information content (AvgIpc) is 2.77. The van der Waals surface area contributed by atoms with Crippen LogP contribution in [0.4, 0.5) is 0 Å². The van der Waals surface area contributed by atoms with E-state index in [0.717, 1.165) is 15.4 Å². The third-order valence-corrected chi connectivity index (χ3v) is 3.65. The third-order valence-electron chi connectivity index (χ3n) is 3.16. The van der Waals surface area contributed by atoms with Crippen LogP contribution in [0.25, 0.3) is 10.9 Å². The Balaban J connectivity index is 1.85. The van der Waals surface area contributed by atoms with E-state index in [1.807, 2.05) is 25.2 Å². The van der Waals surface area contributed by atoms with Crippen LogP contribution in [0.15, 0.2) is 22.7 Å². The molecule has 0 bridgehead atoms. The molecule has 7 heteroatoms. The molecule has 22 heavy (non-hydrogen) atoms. The van der Waals surface area contributed by atoms with E-state index in [9.17, 15) is 4.79 Å². The lowest BCUT2D eigenvalue weighted by atomic mass is 10.2. The van der Waals surface area contributed by atoms with E-state index in [1.165, 1.54) is 0 Å². The molecule has 0 radical (unpaired) electrons. The van der Waals surface area contributed by atoms with Gasteiger partial charge in [-0.05, 0) is 31.5 Å². The highest BCUT2D eigenvalue weighted by molar-refractivity contribution is 9.10. The Hall–Kier alpha value is -1.60. The number of amides is 1. The first-order chi connectivity index (χ1) is 10.5. The average molecular weight is 370 g/mol. The molecule has 1 aromatic heterocycles. The number of carbonyl (C=O) groups excluding carboxylic acids is 1. The fourth-order valence-corrected chi connectivity index (χ4v) is 2.42. The molecule has 0 aliphatic heterocycles. The molecule has 120 valence electrons. The predicted octanol–water partition coefficient (Wildman–Crippen LogP) is 1.99. The van der Waals surface area contributed by atoms with Crippen molar-refractivity contribution in [3.63, 3.8) is 0 Å². The Labute approximate surface area is 137 Å². The maximum atomic E-state index is 11.5. The van der Waals surface area contributed by atoms with Crippen molar-refractivity contribution in [2.75, 3.05) is 13.2 Å². The molecule has 0 saturated heterocycles. The molecule has 2 aromatic rings. The summed E-state index contributed by atoms with van der Waals surface area (Å²) in [5, 5.41) is 17.0. The molecular weight excluding hydrogens is 350 g/mol. The van der Waals surface area contributed by atoms with E-state index in [0.29, 0.717) is 25.3 Å². The molecule has 0 aliphatic carbocycles. The van der Waals surface area contributed by atoms with Gasteiger partial charge in [-0.3, -0.25) is 9.48 Å². The smallest absolute Gasteiger partial charge is 0.240 e.